The SMILES string of the molecule is CC(C)C(C)NC1CCCOC1. The molecular weight excluding hydrogens is 150 g/mol. The zero-order valence-electron chi connectivity index (χ0n) is 8.47. The molecule has 0 bridgehead atoms. The fraction of sp³-hybridized carbons (Fsp3) is 1.00. The van der Waals surface area contributed by atoms with Crippen LogP contribution in [0.2, 0.25) is 0 Å². The van der Waals surface area contributed by atoms with Crippen molar-refractivity contribution in [3.8, 4) is 0 Å². The third kappa shape index (κ3) is 3.11. The molecule has 1 rings (SSSR count). The van der Waals surface area contributed by atoms with Crippen molar-refractivity contribution in [3.63, 3.8) is 0 Å². The predicted molar refractivity (Wildman–Crippen MR) is 51.3 cm³/mol. The van der Waals surface area contributed by atoms with Gasteiger partial charge in [0.15, 0.2) is 0 Å². The Morgan fingerprint density at radius 1 is 1.33 bits per heavy atom. The van der Waals surface area contributed by atoms with Gasteiger partial charge in [0.1, 0.15) is 0 Å². The number of ether oxygens (including phenoxy) is 1. The number of hydrogen-bond donors (Lipinski definition) is 1. The van der Waals surface area contributed by atoms with Crippen molar-refractivity contribution in [2.75, 3.05) is 13.2 Å². The molecule has 0 radical (unpaired) electrons. The molecule has 0 aromatic rings. The summed E-state index contributed by atoms with van der Waals surface area (Å²) in [5.74, 6) is 0.715. The first kappa shape index (κ1) is 10.0. The lowest BCUT2D eigenvalue weighted by Crippen LogP contribution is -2.43. The van der Waals surface area contributed by atoms with E-state index >= 15 is 0 Å². The highest BCUT2D eigenvalue weighted by Gasteiger charge is 2.16. The minimum Gasteiger partial charge on any atom is -0.380 e. The van der Waals surface area contributed by atoms with Gasteiger partial charge in [-0.05, 0) is 25.7 Å². The first-order valence-corrected chi connectivity index (χ1v) is 5.04. The van der Waals surface area contributed by atoms with Crippen molar-refractivity contribution in [2.24, 2.45) is 5.92 Å². The summed E-state index contributed by atoms with van der Waals surface area (Å²) in [4.78, 5) is 0. The number of rotatable bonds is 3. The smallest absolute Gasteiger partial charge is 0.0619 e. The molecule has 0 aromatic heterocycles. The van der Waals surface area contributed by atoms with Gasteiger partial charge in [0.2, 0.25) is 0 Å². The summed E-state index contributed by atoms with van der Waals surface area (Å²) in [5.41, 5.74) is 0. The van der Waals surface area contributed by atoms with E-state index in [9.17, 15) is 0 Å². The lowest BCUT2D eigenvalue weighted by atomic mass is 10.0. The Labute approximate surface area is 75.7 Å². The third-order valence-corrected chi connectivity index (χ3v) is 2.66. The van der Waals surface area contributed by atoms with Crippen LogP contribution in [0.4, 0.5) is 0 Å². The van der Waals surface area contributed by atoms with Crippen molar-refractivity contribution in [1.82, 2.24) is 5.32 Å². The van der Waals surface area contributed by atoms with E-state index in [2.05, 4.69) is 26.1 Å². The van der Waals surface area contributed by atoms with Crippen molar-refractivity contribution in [2.45, 2.75) is 45.7 Å². The van der Waals surface area contributed by atoms with Gasteiger partial charge in [-0.1, -0.05) is 13.8 Å². The molecule has 1 aliphatic heterocycles. The summed E-state index contributed by atoms with van der Waals surface area (Å²) in [6, 6.07) is 1.20. The van der Waals surface area contributed by atoms with Gasteiger partial charge in [-0.15, -0.1) is 0 Å². The molecule has 12 heavy (non-hydrogen) atoms. The molecule has 2 nitrogen and oxygen atoms in total. The van der Waals surface area contributed by atoms with Gasteiger partial charge in [0.05, 0.1) is 6.61 Å². The molecule has 72 valence electrons. The van der Waals surface area contributed by atoms with E-state index in [4.69, 9.17) is 4.74 Å². The summed E-state index contributed by atoms with van der Waals surface area (Å²) < 4.78 is 5.40. The van der Waals surface area contributed by atoms with Crippen LogP contribution in [0.25, 0.3) is 0 Å². The van der Waals surface area contributed by atoms with E-state index in [1.807, 2.05) is 0 Å². The van der Waals surface area contributed by atoms with E-state index in [1.165, 1.54) is 12.8 Å². The van der Waals surface area contributed by atoms with E-state index in [1.54, 1.807) is 0 Å². The van der Waals surface area contributed by atoms with Gasteiger partial charge in [0, 0.05) is 18.7 Å². The Kier molecular flexibility index (Phi) is 4.02. The molecule has 0 spiro atoms. The lowest BCUT2D eigenvalue weighted by Gasteiger charge is -2.28. The quantitative estimate of drug-likeness (QED) is 0.699. The highest BCUT2D eigenvalue weighted by molar-refractivity contribution is 4.75. The summed E-state index contributed by atoms with van der Waals surface area (Å²) in [7, 11) is 0. The largest absolute Gasteiger partial charge is 0.380 e. The number of hydrogen-bond acceptors (Lipinski definition) is 2. The van der Waals surface area contributed by atoms with Gasteiger partial charge in [-0.25, -0.2) is 0 Å². The Balaban J connectivity index is 2.20. The molecule has 2 atom stereocenters. The Bertz CT molecular complexity index is 119. The average molecular weight is 171 g/mol. The van der Waals surface area contributed by atoms with Crippen LogP contribution in [0, 0.1) is 5.92 Å². The van der Waals surface area contributed by atoms with Gasteiger partial charge in [-0.2, -0.15) is 0 Å². The molecule has 0 amide bonds. The van der Waals surface area contributed by atoms with Crippen LogP contribution in [-0.4, -0.2) is 25.3 Å². The minimum absolute atomic E-state index is 0.594. The van der Waals surface area contributed by atoms with Crippen molar-refractivity contribution in [3.05, 3.63) is 0 Å². The molecule has 2 heteroatoms. The van der Waals surface area contributed by atoms with Gasteiger partial charge in [0.25, 0.3) is 0 Å². The molecule has 0 saturated carbocycles. The van der Waals surface area contributed by atoms with E-state index in [0.29, 0.717) is 18.0 Å². The molecule has 1 fully saturated rings. The second-order valence-electron chi connectivity index (χ2n) is 4.11. The first-order valence-electron chi connectivity index (χ1n) is 5.04. The maximum atomic E-state index is 5.40. The third-order valence-electron chi connectivity index (χ3n) is 2.66. The van der Waals surface area contributed by atoms with Crippen LogP contribution < -0.4 is 5.32 Å². The topological polar surface area (TPSA) is 21.3 Å². The molecule has 0 aromatic carbocycles. The fourth-order valence-electron chi connectivity index (χ4n) is 1.44. The Morgan fingerprint density at radius 3 is 2.58 bits per heavy atom. The zero-order chi connectivity index (χ0) is 8.97. The molecule has 1 N–H and O–H groups in total. The highest BCUT2D eigenvalue weighted by atomic mass is 16.5. The second-order valence-corrected chi connectivity index (χ2v) is 4.11. The van der Waals surface area contributed by atoms with Crippen LogP contribution in [0.3, 0.4) is 0 Å². The second kappa shape index (κ2) is 4.83. The van der Waals surface area contributed by atoms with Crippen LogP contribution in [-0.2, 0) is 4.74 Å². The summed E-state index contributed by atoms with van der Waals surface area (Å²) in [5, 5.41) is 3.59. The number of nitrogens with one attached hydrogen (secondary N) is 1. The fourth-order valence-corrected chi connectivity index (χ4v) is 1.44. The Hall–Kier alpha value is -0.0800. The molecule has 2 unspecified atom stereocenters. The standard InChI is InChI=1S/C10H21NO/c1-8(2)9(3)11-10-5-4-6-12-7-10/h8-11H,4-7H2,1-3H3. The monoisotopic (exact) mass is 171 g/mol. The summed E-state index contributed by atoms with van der Waals surface area (Å²) in [6.45, 7) is 8.60. The molecule has 1 heterocycles. The Morgan fingerprint density at radius 2 is 2.08 bits per heavy atom. The van der Waals surface area contributed by atoms with Crippen LogP contribution in [0.5, 0.6) is 0 Å². The van der Waals surface area contributed by atoms with Crippen LogP contribution in [0.15, 0.2) is 0 Å². The van der Waals surface area contributed by atoms with E-state index < -0.39 is 0 Å². The lowest BCUT2D eigenvalue weighted by molar-refractivity contribution is 0.0649. The van der Waals surface area contributed by atoms with Crippen molar-refractivity contribution < 1.29 is 4.74 Å². The first-order chi connectivity index (χ1) is 5.70. The zero-order valence-corrected chi connectivity index (χ0v) is 8.47. The minimum atomic E-state index is 0.594. The summed E-state index contributed by atoms with van der Waals surface area (Å²) >= 11 is 0. The average Bonchev–Trinajstić information content (AvgIpc) is 2.06. The van der Waals surface area contributed by atoms with Crippen molar-refractivity contribution >= 4 is 0 Å². The van der Waals surface area contributed by atoms with Gasteiger partial charge in [-0.3, -0.25) is 0 Å². The highest BCUT2D eigenvalue weighted by Crippen LogP contribution is 2.09. The van der Waals surface area contributed by atoms with E-state index in [-0.39, 0.29) is 0 Å². The van der Waals surface area contributed by atoms with Crippen molar-refractivity contribution in [1.29, 1.82) is 0 Å². The summed E-state index contributed by atoms with van der Waals surface area (Å²) in [6.07, 6.45) is 2.49. The van der Waals surface area contributed by atoms with Crippen LogP contribution in [0.1, 0.15) is 33.6 Å². The molecule has 1 saturated heterocycles. The molecule has 0 aliphatic carbocycles. The maximum Gasteiger partial charge on any atom is 0.0619 e. The van der Waals surface area contributed by atoms with Gasteiger partial charge < -0.3 is 10.1 Å². The van der Waals surface area contributed by atoms with Crippen LogP contribution >= 0.6 is 0 Å². The normalized spacial score (nSPS) is 27.5. The van der Waals surface area contributed by atoms with E-state index in [0.717, 1.165) is 13.2 Å². The predicted octanol–water partition coefficient (Wildman–Crippen LogP) is 1.80. The van der Waals surface area contributed by atoms with Gasteiger partial charge >= 0.3 is 0 Å². The maximum absolute atomic E-state index is 5.40. The molecular formula is C10H21NO. The molecule has 1 aliphatic rings.